The second kappa shape index (κ2) is 5.05. The number of nitrogens with zero attached hydrogens (tertiary/aromatic N) is 1. The van der Waals surface area contributed by atoms with Crippen molar-refractivity contribution in [3.63, 3.8) is 0 Å². The summed E-state index contributed by atoms with van der Waals surface area (Å²) in [6, 6.07) is 0. The molecule has 11 heavy (non-hydrogen) atoms. The van der Waals surface area contributed by atoms with Crippen LogP contribution in [0, 0.1) is 5.92 Å². The van der Waals surface area contributed by atoms with Crippen molar-refractivity contribution in [2.45, 2.75) is 27.2 Å². The Bertz CT molecular complexity index is 168. The lowest BCUT2D eigenvalue weighted by Crippen LogP contribution is -1.95. The molecule has 0 aromatic heterocycles. The number of aliphatic imine (C=N–C) groups is 1. The molecule has 0 bridgehead atoms. The Kier molecular flexibility index (Phi) is 4.75. The largest absolute Gasteiger partial charge is 0.261 e. The lowest BCUT2D eigenvalue weighted by atomic mass is 10.0. The van der Waals surface area contributed by atoms with Crippen molar-refractivity contribution in [3.05, 3.63) is 11.6 Å². The SMILES string of the molecule is CC/C(=C\C(F)=NC)C(C)C. The molecule has 1 nitrogen and oxygen atoms in total. The predicted octanol–water partition coefficient (Wildman–Crippen LogP) is 2.98. The molecule has 0 spiro atoms. The highest BCUT2D eigenvalue weighted by Gasteiger charge is 2.01. The van der Waals surface area contributed by atoms with Crippen LogP contribution in [-0.4, -0.2) is 13.0 Å². The van der Waals surface area contributed by atoms with Gasteiger partial charge in [-0.25, -0.2) is 0 Å². The molecule has 0 fully saturated rings. The first-order chi connectivity index (χ1) is 5.11. The van der Waals surface area contributed by atoms with Gasteiger partial charge in [-0.1, -0.05) is 26.3 Å². The van der Waals surface area contributed by atoms with Crippen LogP contribution in [0.15, 0.2) is 16.6 Å². The van der Waals surface area contributed by atoms with Gasteiger partial charge in [0.15, 0.2) is 0 Å². The molecule has 0 N–H and O–H groups in total. The monoisotopic (exact) mass is 157 g/mol. The molecule has 0 aliphatic rings. The first kappa shape index (κ1) is 10.3. The van der Waals surface area contributed by atoms with Gasteiger partial charge in [-0.05, 0) is 18.4 Å². The van der Waals surface area contributed by atoms with Crippen LogP contribution in [0.4, 0.5) is 4.39 Å². The van der Waals surface area contributed by atoms with E-state index in [9.17, 15) is 4.39 Å². The minimum atomic E-state index is -0.379. The third-order valence-electron chi connectivity index (χ3n) is 1.67. The Balaban J connectivity index is 4.35. The lowest BCUT2D eigenvalue weighted by molar-refractivity contribution is 0.726. The number of rotatable bonds is 3. The summed E-state index contributed by atoms with van der Waals surface area (Å²) >= 11 is 0. The van der Waals surface area contributed by atoms with Gasteiger partial charge in [0.05, 0.1) is 0 Å². The van der Waals surface area contributed by atoms with Crippen LogP contribution in [0.3, 0.4) is 0 Å². The highest BCUT2D eigenvalue weighted by molar-refractivity contribution is 5.87. The van der Waals surface area contributed by atoms with E-state index in [2.05, 4.69) is 18.8 Å². The minimum absolute atomic E-state index is 0.379. The van der Waals surface area contributed by atoms with Crippen LogP contribution in [0.1, 0.15) is 27.2 Å². The molecule has 0 rings (SSSR count). The molecule has 0 aromatic rings. The van der Waals surface area contributed by atoms with E-state index in [1.165, 1.54) is 13.1 Å². The van der Waals surface area contributed by atoms with Gasteiger partial charge in [0.1, 0.15) is 0 Å². The molecular formula is C9H16FN. The number of allylic oxidation sites excluding steroid dienone is 2. The number of hydrogen-bond donors (Lipinski definition) is 0. The van der Waals surface area contributed by atoms with Crippen LogP contribution in [0.2, 0.25) is 0 Å². The fourth-order valence-electron chi connectivity index (χ4n) is 0.895. The van der Waals surface area contributed by atoms with Gasteiger partial charge in [0, 0.05) is 7.05 Å². The molecule has 0 aliphatic heterocycles. The zero-order valence-electron chi connectivity index (χ0n) is 7.69. The standard InChI is InChI=1S/C9H16FN/c1-5-8(7(2)3)6-9(10)11-4/h6-7H,5H2,1-4H3/b8-6+,11-9?. The van der Waals surface area contributed by atoms with Gasteiger partial charge < -0.3 is 0 Å². The summed E-state index contributed by atoms with van der Waals surface area (Å²) in [6.45, 7) is 6.13. The van der Waals surface area contributed by atoms with E-state index in [1.807, 2.05) is 6.92 Å². The van der Waals surface area contributed by atoms with E-state index in [4.69, 9.17) is 0 Å². The van der Waals surface area contributed by atoms with E-state index < -0.39 is 0 Å². The zero-order valence-corrected chi connectivity index (χ0v) is 7.69. The highest BCUT2D eigenvalue weighted by Crippen LogP contribution is 2.13. The summed E-state index contributed by atoms with van der Waals surface area (Å²) in [5.74, 6) is 0.0306. The van der Waals surface area contributed by atoms with Gasteiger partial charge in [0.2, 0.25) is 5.97 Å². The molecule has 2 heteroatoms. The van der Waals surface area contributed by atoms with Crippen LogP contribution < -0.4 is 0 Å². The Morgan fingerprint density at radius 2 is 2.09 bits per heavy atom. The fraction of sp³-hybridized carbons (Fsp3) is 0.667. The van der Waals surface area contributed by atoms with E-state index in [1.54, 1.807) is 0 Å². The van der Waals surface area contributed by atoms with Crippen molar-refractivity contribution in [2.24, 2.45) is 10.9 Å². The molecule has 0 unspecified atom stereocenters. The van der Waals surface area contributed by atoms with Crippen molar-refractivity contribution >= 4 is 5.97 Å². The van der Waals surface area contributed by atoms with Crippen LogP contribution in [0.5, 0.6) is 0 Å². The normalized spacial score (nSPS) is 14.4. The average molecular weight is 157 g/mol. The quantitative estimate of drug-likeness (QED) is 0.558. The molecule has 0 atom stereocenters. The number of halogens is 1. The second-order valence-corrected chi connectivity index (χ2v) is 2.77. The summed E-state index contributed by atoms with van der Waals surface area (Å²) < 4.78 is 12.6. The third-order valence-corrected chi connectivity index (χ3v) is 1.67. The highest BCUT2D eigenvalue weighted by atomic mass is 19.1. The van der Waals surface area contributed by atoms with Crippen molar-refractivity contribution in [1.29, 1.82) is 0 Å². The van der Waals surface area contributed by atoms with Gasteiger partial charge in [-0.2, -0.15) is 4.39 Å². The first-order valence-electron chi connectivity index (χ1n) is 3.94. The molecule has 0 radical (unpaired) electrons. The van der Waals surface area contributed by atoms with E-state index in [0.29, 0.717) is 5.92 Å². The van der Waals surface area contributed by atoms with E-state index in [-0.39, 0.29) is 5.97 Å². The topological polar surface area (TPSA) is 12.4 Å². The van der Waals surface area contributed by atoms with Crippen molar-refractivity contribution in [1.82, 2.24) is 0 Å². The second-order valence-electron chi connectivity index (χ2n) is 2.77. The molecule has 0 saturated carbocycles. The zero-order chi connectivity index (χ0) is 8.85. The third kappa shape index (κ3) is 3.91. The molecule has 0 aromatic carbocycles. The summed E-state index contributed by atoms with van der Waals surface area (Å²) in [4.78, 5) is 3.43. The Morgan fingerprint density at radius 3 is 2.36 bits per heavy atom. The van der Waals surface area contributed by atoms with Gasteiger partial charge in [-0.15, -0.1) is 0 Å². The molecule has 0 amide bonds. The number of hydrogen-bond acceptors (Lipinski definition) is 1. The van der Waals surface area contributed by atoms with Gasteiger partial charge in [-0.3, -0.25) is 4.99 Å². The van der Waals surface area contributed by atoms with Crippen LogP contribution in [-0.2, 0) is 0 Å². The maximum atomic E-state index is 12.6. The van der Waals surface area contributed by atoms with E-state index >= 15 is 0 Å². The summed E-state index contributed by atoms with van der Waals surface area (Å²) in [5.41, 5.74) is 1.10. The smallest absolute Gasteiger partial charge is 0.207 e. The van der Waals surface area contributed by atoms with E-state index in [0.717, 1.165) is 12.0 Å². The molecule has 0 aliphatic carbocycles. The Morgan fingerprint density at radius 1 is 1.55 bits per heavy atom. The molecular weight excluding hydrogens is 141 g/mol. The van der Waals surface area contributed by atoms with Crippen LogP contribution in [0.25, 0.3) is 0 Å². The lowest BCUT2D eigenvalue weighted by Gasteiger charge is -2.06. The summed E-state index contributed by atoms with van der Waals surface area (Å²) in [6.07, 6.45) is 2.41. The summed E-state index contributed by atoms with van der Waals surface area (Å²) in [7, 11) is 1.46. The Labute approximate surface area is 68.0 Å². The molecule has 64 valence electrons. The predicted molar refractivity (Wildman–Crippen MR) is 47.7 cm³/mol. The van der Waals surface area contributed by atoms with Crippen molar-refractivity contribution in [3.8, 4) is 0 Å². The maximum Gasteiger partial charge on any atom is 0.207 e. The average Bonchev–Trinajstić information content (AvgIpc) is 1.99. The van der Waals surface area contributed by atoms with Crippen molar-refractivity contribution < 1.29 is 4.39 Å². The maximum absolute atomic E-state index is 12.6. The van der Waals surface area contributed by atoms with Gasteiger partial charge in [0.25, 0.3) is 0 Å². The minimum Gasteiger partial charge on any atom is -0.261 e. The van der Waals surface area contributed by atoms with Crippen LogP contribution >= 0.6 is 0 Å². The Hall–Kier alpha value is -0.660. The fourth-order valence-corrected chi connectivity index (χ4v) is 0.895. The first-order valence-corrected chi connectivity index (χ1v) is 3.94. The summed E-state index contributed by atoms with van der Waals surface area (Å²) in [5, 5.41) is 0. The molecule has 0 saturated heterocycles. The molecule has 0 heterocycles. The van der Waals surface area contributed by atoms with Gasteiger partial charge >= 0.3 is 0 Å². The van der Waals surface area contributed by atoms with Crippen molar-refractivity contribution in [2.75, 3.05) is 7.05 Å².